The van der Waals surface area contributed by atoms with Gasteiger partial charge in [0.1, 0.15) is 17.7 Å². The van der Waals surface area contributed by atoms with Crippen molar-refractivity contribution in [3.63, 3.8) is 0 Å². The van der Waals surface area contributed by atoms with Crippen LogP contribution in [0.4, 0.5) is 13.2 Å². The molecule has 31 heavy (non-hydrogen) atoms. The maximum atomic E-state index is 12.8. The van der Waals surface area contributed by atoms with Gasteiger partial charge in [-0.3, -0.25) is 14.8 Å². The molecule has 0 aliphatic carbocycles. The molecule has 2 atom stereocenters. The van der Waals surface area contributed by atoms with Gasteiger partial charge in [0.05, 0.1) is 12.1 Å². The first-order valence-electron chi connectivity index (χ1n) is 10.1. The van der Waals surface area contributed by atoms with Crippen molar-refractivity contribution in [3.05, 3.63) is 65.0 Å². The Kier molecular flexibility index (Phi) is 6.50. The number of fused-ring (bicyclic) bond motifs is 1. The van der Waals surface area contributed by atoms with Gasteiger partial charge in [-0.25, -0.2) is 0 Å². The number of alkyl halides is 3. The van der Waals surface area contributed by atoms with Crippen molar-refractivity contribution >= 4 is 11.6 Å². The fraction of sp³-hybridized carbons (Fsp3) is 0.435. The van der Waals surface area contributed by atoms with Gasteiger partial charge in [0.15, 0.2) is 0 Å². The summed E-state index contributed by atoms with van der Waals surface area (Å²) in [7, 11) is 0. The zero-order chi connectivity index (χ0) is 22.8. The summed E-state index contributed by atoms with van der Waals surface area (Å²) in [6.07, 6.45) is -2.68. The first-order chi connectivity index (χ1) is 14.4. The molecule has 2 heterocycles. The van der Waals surface area contributed by atoms with Gasteiger partial charge in [0.25, 0.3) is 0 Å². The van der Waals surface area contributed by atoms with Crippen molar-refractivity contribution in [3.8, 4) is 0 Å². The highest BCUT2D eigenvalue weighted by Gasteiger charge is 2.37. The molecular weight excluding hydrogens is 407 g/mol. The van der Waals surface area contributed by atoms with Crippen LogP contribution in [0, 0.1) is 0 Å². The van der Waals surface area contributed by atoms with Crippen LogP contribution in [0.1, 0.15) is 55.5 Å². The highest BCUT2D eigenvalue weighted by molar-refractivity contribution is 6.02. The van der Waals surface area contributed by atoms with Crippen LogP contribution >= 0.6 is 0 Å². The Hall–Kier alpha value is -2.74. The molecule has 1 aromatic carbocycles. The molecule has 5 nitrogen and oxygen atoms in total. The number of amidine groups is 1. The van der Waals surface area contributed by atoms with E-state index in [0.29, 0.717) is 11.3 Å². The van der Waals surface area contributed by atoms with E-state index in [2.05, 4.69) is 15.3 Å². The molecule has 2 N–H and O–H groups in total. The first-order valence-corrected chi connectivity index (χ1v) is 10.1. The number of aromatic nitrogens is 1. The summed E-state index contributed by atoms with van der Waals surface area (Å²) in [5.41, 5.74) is 1.59. The minimum Gasteiger partial charge on any atom is -0.390 e. The van der Waals surface area contributed by atoms with Crippen LogP contribution in [-0.2, 0) is 17.8 Å². The third kappa shape index (κ3) is 5.70. The molecule has 0 fully saturated rings. The molecule has 166 valence electrons. The van der Waals surface area contributed by atoms with Gasteiger partial charge in [-0.15, -0.1) is 0 Å². The van der Waals surface area contributed by atoms with E-state index in [1.54, 1.807) is 19.9 Å². The predicted molar refractivity (Wildman–Crippen MR) is 112 cm³/mol. The molecule has 0 spiro atoms. The van der Waals surface area contributed by atoms with Crippen LogP contribution in [0.15, 0.2) is 47.6 Å². The van der Waals surface area contributed by atoms with Crippen molar-refractivity contribution < 1.29 is 23.1 Å². The molecule has 2 aromatic rings. The molecule has 3 rings (SSSR count). The van der Waals surface area contributed by atoms with Gasteiger partial charge in [-0.2, -0.15) is 13.2 Å². The molecule has 1 aliphatic rings. The number of carbonyl (C=O) groups excluding carboxylic acids is 1. The van der Waals surface area contributed by atoms with Crippen molar-refractivity contribution in [1.82, 2.24) is 10.3 Å². The number of ketones is 1. The fourth-order valence-corrected chi connectivity index (χ4v) is 3.61. The zero-order valence-corrected chi connectivity index (χ0v) is 17.7. The summed E-state index contributed by atoms with van der Waals surface area (Å²) in [6, 6.07) is 9.37. The first kappa shape index (κ1) is 22.9. The molecule has 0 saturated carbocycles. The number of rotatable bonds is 7. The predicted octanol–water partition coefficient (Wildman–Crippen LogP) is 3.94. The topological polar surface area (TPSA) is 74.6 Å². The van der Waals surface area contributed by atoms with E-state index in [4.69, 9.17) is 0 Å². The lowest BCUT2D eigenvalue weighted by Gasteiger charge is -2.29. The second kappa shape index (κ2) is 8.78. The maximum absolute atomic E-state index is 12.8. The number of aliphatic hydroxyl groups is 1. The van der Waals surface area contributed by atoms with Gasteiger partial charge in [0, 0.05) is 36.2 Å². The van der Waals surface area contributed by atoms with Crippen LogP contribution in [-0.4, -0.2) is 39.5 Å². The number of halogens is 3. The van der Waals surface area contributed by atoms with Gasteiger partial charge >= 0.3 is 6.18 Å². The average molecular weight is 433 g/mol. The van der Waals surface area contributed by atoms with Gasteiger partial charge < -0.3 is 10.4 Å². The molecule has 0 bridgehead atoms. The van der Waals surface area contributed by atoms with Crippen molar-refractivity contribution in [1.29, 1.82) is 0 Å². The maximum Gasteiger partial charge on any atom is 0.408 e. The SMILES string of the molecule is CC(NC1=NCc2cc(CC(=O)C[C@@H](c3ccccc3)C(C)(C)O)ncc21)C(F)(F)F. The lowest BCUT2D eigenvalue weighted by Crippen LogP contribution is -2.43. The van der Waals surface area contributed by atoms with Crippen molar-refractivity contribution in [2.75, 3.05) is 0 Å². The van der Waals surface area contributed by atoms with E-state index in [1.807, 2.05) is 30.3 Å². The Balaban J connectivity index is 1.68. The number of nitrogens with zero attached hydrogens (tertiary/aromatic N) is 2. The Morgan fingerprint density at radius 3 is 2.52 bits per heavy atom. The van der Waals surface area contributed by atoms with Crippen LogP contribution in [0.25, 0.3) is 0 Å². The van der Waals surface area contributed by atoms with Gasteiger partial charge in [-0.1, -0.05) is 30.3 Å². The van der Waals surface area contributed by atoms with E-state index in [1.165, 1.54) is 6.20 Å². The number of benzene rings is 1. The number of hydrogen-bond donors (Lipinski definition) is 2. The van der Waals surface area contributed by atoms with E-state index < -0.39 is 17.8 Å². The van der Waals surface area contributed by atoms with Crippen molar-refractivity contribution in [2.45, 2.75) is 63.9 Å². The molecule has 8 heteroatoms. The van der Waals surface area contributed by atoms with E-state index in [0.717, 1.165) is 18.1 Å². The standard InChI is InChI=1S/C23H26F3N3O2/c1-14(23(24,25)26)29-21-19-13-27-17(9-16(19)12-28-21)10-18(30)11-20(22(2,3)31)15-7-5-4-6-8-15/h4-9,13-14,20,31H,10-12H2,1-3H3,(H,28,29)/t14?,20-/m0/s1. The summed E-state index contributed by atoms with van der Waals surface area (Å²) in [5, 5.41) is 12.9. The Morgan fingerprint density at radius 2 is 1.90 bits per heavy atom. The molecule has 1 aromatic heterocycles. The van der Waals surface area contributed by atoms with Crippen LogP contribution in [0.3, 0.4) is 0 Å². The van der Waals surface area contributed by atoms with Crippen molar-refractivity contribution in [2.24, 2.45) is 4.99 Å². The second-order valence-corrected chi connectivity index (χ2v) is 8.44. The third-order valence-corrected chi connectivity index (χ3v) is 5.42. The molecule has 1 unspecified atom stereocenters. The summed E-state index contributed by atoms with van der Waals surface area (Å²) in [6.45, 7) is 4.63. The smallest absolute Gasteiger partial charge is 0.390 e. The highest BCUT2D eigenvalue weighted by Crippen LogP contribution is 2.32. The van der Waals surface area contributed by atoms with Gasteiger partial charge in [0.2, 0.25) is 0 Å². The fourth-order valence-electron chi connectivity index (χ4n) is 3.61. The quantitative estimate of drug-likeness (QED) is 0.694. The minimum atomic E-state index is -4.37. The number of carbonyl (C=O) groups is 1. The number of Topliss-reactive ketones (excluding diaryl/α,β-unsaturated/α-hetero) is 1. The third-order valence-electron chi connectivity index (χ3n) is 5.42. The lowest BCUT2D eigenvalue weighted by atomic mass is 9.80. The minimum absolute atomic E-state index is 0.0774. The van der Waals surface area contributed by atoms with Crippen LogP contribution < -0.4 is 5.32 Å². The summed E-state index contributed by atoms with van der Waals surface area (Å²) in [4.78, 5) is 21.2. The normalized spacial score (nSPS) is 15.8. The number of nitrogens with one attached hydrogen (secondary N) is 1. The molecule has 0 saturated heterocycles. The number of pyridine rings is 1. The molecule has 0 radical (unpaired) electrons. The Bertz CT molecular complexity index is 966. The molecule has 1 aliphatic heterocycles. The molecular formula is C23H26F3N3O2. The lowest BCUT2D eigenvalue weighted by molar-refractivity contribution is -0.147. The second-order valence-electron chi connectivity index (χ2n) is 8.44. The zero-order valence-electron chi connectivity index (χ0n) is 17.7. The monoisotopic (exact) mass is 433 g/mol. The number of aliphatic imine (C=N–C) groups is 1. The Morgan fingerprint density at radius 1 is 1.23 bits per heavy atom. The highest BCUT2D eigenvalue weighted by atomic mass is 19.4. The average Bonchev–Trinajstić information content (AvgIpc) is 3.07. The van der Waals surface area contributed by atoms with E-state index in [9.17, 15) is 23.1 Å². The number of hydrogen-bond acceptors (Lipinski definition) is 5. The summed E-state index contributed by atoms with van der Waals surface area (Å²) >= 11 is 0. The Labute approximate surface area is 179 Å². The summed E-state index contributed by atoms with van der Waals surface area (Å²) < 4.78 is 38.4. The van der Waals surface area contributed by atoms with Crippen LogP contribution in [0.5, 0.6) is 0 Å². The van der Waals surface area contributed by atoms with E-state index >= 15 is 0 Å². The van der Waals surface area contributed by atoms with Gasteiger partial charge in [-0.05, 0) is 38.0 Å². The van der Waals surface area contributed by atoms with E-state index in [-0.39, 0.29) is 36.9 Å². The molecule has 0 amide bonds. The van der Waals surface area contributed by atoms with Crippen LogP contribution in [0.2, 0.25) is 0 Å². The largest absolute Gasteiger partial charge is 0.408 e. The summed E-state index contributed by atoms with van der Waals surface area (Å²) in [5.74, 6) is -0.277.